The number of carbonyl (C=O) groups excluding carboxylic acids is 5. The van der Waals surface area contributed by atoms with Gasteiger partial charge in [0, 0.05) is 33.3 Å². The minimum Gasteiger partial charge on any atom is -0.465 e. The van der Waals surface area contributed by atoms with Crippen LogP contribution in [0.5, 0.6) is 0 Å². The molecule has 0 fully saturated rings. The lowest BCUT2D eigenvalue weighted by molar-refractivity contribution is -0.226. The van der Waals surface area contributed by atoms with Gasteiger partial charge in [0.25, 0.3) is 0 Å². The summed E-state index contributed by atoms with van der Waals surface area (Å²) < 4.78 is 25.4. The third-order valence-corrected chi connectivity index (χ3v) is 5.45. The monoisotopic (exact) mass is 620 g/mol. The summed E-state index contributed by atoms with van der Waals surface area (Å²) in [5.74, 6) is -2.97. The zero-order valence-corrected chi connectivity index (χ0v) is 22.4. The smallest absolute Gasteiger partial charge is 0.303 e. The van der Waals surface area contributed by atoms with Crippen LogP contribution in [0.4, 0.5) is 0 Å². The van der Waals surface area contributed by atoms with Gasteiger partial charge in [0.2, 0.25) is 0 Å². The van der Waals surface area contributed by atoms with Gasteiger partial charge in [0.1, 0.15) is 12.9 Å². The molecule has 5 atom stereocenters. The summed E-state index contributed by atoms with van der Waals surface area (Å²) in [5.41, 5.74) is 1.28. The SMILES string of the molecule is CC(=O)OCC(I)[C@@H](OC(C)=O)C(OC(C)=O)C(OC(C)=O)[C@H](O)OC/C=C/c1ccc(C=O)cc1. The van der Waals surface area contributed by atoms with Crippen molar-refractivity contribution in [1.29, 1.82) is 0 Å². The summed E-state index contributed by atoms with van der Waals surface area (Å²) >= 11 is 1.83. The first-order valence-corrected chi connectivity index (χ1v) is 12.0. The molecule has 0 bridgehead atoms. The Bertz CT molecular complexity index is 928. The molecule has 1 rings (SSSR count). The lowest BCUT2D eigenvalue weighted by Gasteiger charge is -2.35. The van der Waals surface area contributed by atoms with E-state index < -0.39 is 52.4 Å². The Morgan fingerprint density at radius 2 is 1.33 bits per heavy atom. The largest absolute Gasteiger partial charge is 0.465 e. The molecule has 1 aromatic rings. The van der Waals surface area contributed by atoms with Crippen LogP contribution >= 0.6 is 22.6 Å². The average molecular weight is 620 g/mol. The standard InChI is InChI=1S/C24H29IO11/c1-14(27)33-13-20(25)21(34-15(2)28)22(35-16(3)29)23(36-17(4)30)24(31)32-11-5-6-18-7-9-19(12-26)10-8-18/h5-10,12,20-24,31H,11,13H2,1-4H3/b6-5+/t20?,21-,22?,23?,24-/m1/s1. The number of halogens is 1. The van der Waals surface area contributed by atoms with E-state index in [0.717, 1.165) is 32.6 Å². The number of aldehydes is 1. The number of benzene rings is 1. The van der Waals surface area contributed by atoms with Crippen molar-refractivity contribution < 1.29 is 52.8 Å². The van der Waals surface area contributed by atoms with E-state index in [0.29, 0.717) is 5.56 Å². The molecular formula is C24H29IO11. The zero-order chi connectivity index (χ0) is 27.3. The highest BCUT2D eigenvalue weighted by atomic mass is 127. The molecule has 36 heavy (non-hydrogen) atoms. The molecule has 1 N–H and O–H groups in total. The number of aliphatic hydroxyl groups is 1. The zero-order valence-electron chi connectivity index (χ0n) is 20.3. The minimum atomic E-state index is -1.80. The lowest BCUT2D eigenvalue weighted by atomic mass is 10.0. The van der Waals surface area contributed by atoms with Crippen LogP contribution in [0.15, 0.2) is 30.3 Å². The molecule has 1 aromatic carbocycles. The van der Waals surface area contributed by atoms with E-state index in [4.69, 9.17) is 23.7 Å². The first-order chi connectivity index (χ1) is 16.9. The number of carbonyl (C=O) groups is 5. The molecule has 0 saturated carbocycles. The second-order valence-corrected chi connectivity index (χ2v) is 9.05. The Balaban J connectivity index is 3.12. The second kappa shape index (κ2) is 16.0. The van der Waals surface area contributed by atoms with E-state index in [1.54, 1.807) is 36.4 Å². The van der Waals surface area contributed by atoms with E-state index in [1.165, 1.54) is 6.92 Å². The quantitative estimate of drug-likeness (QED) is 0.0812. The van der Waals surface area contributed by atoms with E-state index in [9.17, 15) is 29.1 Å². The Hall–Kier alpha value is -2.84. The molecule has 0 aliphatic carbocycles. The molecule has 0 aromatic heterocycles. The van der Waals surface area contributed by atoms with Crippen LogP contribution in [0.2, 0.25) is 0 Å². The van der Waals surface area contributed by atoms with Gasteiger partial charge >= 0.3 is 23.9 Å². The van der Waals surface area contributed by atoms with Crippen LogP contribution < -0.4 is 0 Å². The third-order valence-electron chi connectivity index (χ3n) is 4.38. The molecule has 0 saturated heterocycles. The first-order valence-electron chi connectivity index (χ1n) is 10.7. The van der Waals surface area contributed by atoms with Gasteiger partial charge in [0.15, 0.2) is 24.6 Å². The summed E-state index contributed by atoms with van der Waals surface area (Å²) in [5, 5.41) is 10.7. The van der Waals surface area contributed by atoms with Crippen LogP contribution in [0, 0.1) is 0 Å². The maximum absolute atomic E-state index is 11.9. The van der Waals surface area contributed by atoms with E-state index in [2.05, 4.69) is 0 Å². The van der Waals surface area contributed by atoms with E-state index in [1.807, 2.05) is 22.6 Å². The number of rotatable bonds is 14. The van der Waals surface area contributed by atoms with Crippen molar-refractivity contribution in [3.05, 3.63) is 41.5 Å². The number of hydrogen-bond acceptors (Lipinski definition) is 11. The molecule has 0 heterocycles. The van der Waals surface area contributed by atoms with Crippen molar-refractivity contribution >= 4 is 58.8 Å². The van der Waals surface area contributed by atoms with Crippen LogP contribution in [-0.2, 0) is 42.9 Å². The number of esters is 4. The third kappa shape index (κ3) is 11.7. The normalized spacial score (nSPS) is 15.2. The molecule has 0 aliphatic heterocycles. The number of alkyl halides is 1. The predicted octanol–water partition coefficient (Wildman–Crippen LogP) is 2.01. The minimum absolute atomic E-state index is 0.138. The topological polar surface area (TPSA) is 152 Å². The Morgan fingerprint density at radius 1 is 0.833 bits per heavy atom. The molecule has 0 spiro atoms. The van der Waals surface area contributed by atoms with E-state index >= 15 is 0 Å². The Labute approximate surface area is 222 Å². The fourth-order valence-corrected chi connectivity index (χ4v) is 3.68. The maximum Gasteiger partial charge on any atom is 0.303 e. The predicted molar refractivity (Wildman–Crippen MR) is 134 cm³/mol. The molecule has 198 valence electrons. The van der Waals surface area contributed by atoms with Crippen LogP contribution in [0.3, 0.4) is 0 Å². The first kappa shape index (κ1) is 31.2. The molecule has 11 nitrogen and oxygen atoms in total. The second-order valence-electron chi connectivity index (χ2n) is 7.45. The van der Waals surface area contributed by atoms with Crippen LogP contribution in [0.1, 0.15) is 43.6 Å². The Kier molecular flexibility index (Phi) is 13.9. The number of aliphatic hydroxyl groups excluding tert-OH is 1. The number of hydrogen-bond donors (Lipinski definition) is 1. The van der Waals surface area contributed by atoms with Crippen molar-refractivity contribution in [3.63, 3.8) is 0 Å². The van der Waals surface area contributed by atoms with Gasteiger partial charge in [-0.3, -0.25) is 24.0 Å². The van der Waals surface area contributed by atoms with Crippen molar-refractivity contribution in [1.82, 2.24) is 0 Å². The summed E-state index contributed by atoms with van der Waals surface area (Å²) in [4.78, 5) is 57.4. The fourth-order valence-electron chi connectivity index (χ4n) is 2.94. The lowest BCUT2D eigenvalue weighted by Crippen LogP contribution is -2.54. The van der Waals surface area contributed by atoms with Crippen LogP contribution in [-0.4, -0.2) is 77.0 Å². The summed E-state index contributed by atoms with van der Waals surface area (Å²) in [6.45, 7) is 4.11. The van der Waals surface area contributed by atoms with Gasteiger partial charge in [-0.1, -0.05) is 59.0 Å². The van der Waals surface area contributed by atoms with Crippen molar-refractivity contribution in [3.8, 4) is 0 Å². The van der Waals surface area contributed by atoms with E-state index in [-0.39, 0.29) is 13.2 Å². The van der Waals surface area contributed by atoms with Gasteiger partial charge in [-0.05, 0) is 5.56 Å². The highest BCUT2D eigenvalue weighted by Crippen LogP contribution is 2.24. The summed E-state index contributed by atoms with van der Waals surface area (Å²) in [6, 6.07) is 6.69. The van der Waals surface area contributed by atoms with Gasteiger partial charge in [0.05, 0.1) is 10.5 Å². The Morgan fingerprint density at radius 3 is 1.83 bits per heavy atom. The average Bonchev–Trinajstić information content (AvgIpc) is 2.80. The maximum atomic E-state index is 11.9. The number of ether oxygens (including phenoxy) is 5. The molecule has 0 radical (unpaired) electrons. The molecular weight excluding hydrogens is 591 g/mol. The molecule has 12 heteroatoms. The summed E-state index contributed by atoms with van der Waals surface area (Å²) in [6.07, 6.45) is -2.20. The summed E-state index contributed by atoms with van der Waals surface area (Å²) in [7, 11) is 0. The van der Waals surface area contributed by atoms with Crippen molar-refractivity contribution in [2.24, 2.45) is 0 Å². The van der Waals surface area contributed by atoms with Gasteiger partial charge in [-0.15, -0.1) is 0 Å². The van der Waals surface area contributed by atoms with Crippen LogP contribution in [0.25, 0.3) is 6.08 Å². The molecule has 0 amide bonds. The highest BCUT2D eigenvalue weighted by molar-refractivity contribution is 14.1. The molecule has 3 unspecified atom stereocenters. The van der Waals surface area contributed by atoms with Gasteiger partial charge in [-0.25, -0.2) is 0 Å². The van der Waals surface area contributed by atoms with Crippen molar-refractivity contribution in [2.45, 2.75) is 56.2 Å². The van der Waals surface area contributed by atoms with Crippen molar-refractivity contribution in [2.75, 3.05) is 13.2 Å². The van der Waals surface area contributed by atoms with Gasteiger partial charge in [-0.2, -0.15) is 0 Å². The molecule has 0 aliphatic rings. The van der Waals surface area contributed by atoms with Gasteiger partial charge < -0.3 is 28.8 Å². The fraction of sp³-hybridized carbons (Fsp3) is 0.458. The highest BCUT2D eigenvalue weighted by Gasteiger charge is 2.45.